The Morgan fingerprint density at radius 2 is 1.88 bits per heavy atom. The molecule has 0 aliphatic carbocycles. The van der Waals surface area contributed by atoms with Crippen LogP contribution in [-0.2, 0) is 21.2 Å². The number of hydrogen-bond donors (Lipinski definition) is 1. The number of fused-ring (bicyclic) bond motifs is 3. The van der Waals surface area contributed by atoms with Gasteiger partial charge in [0.05, 0.1) is 28.9 Å². The number of hydrogen-bond acceptors (Lipinski definition) is 5. The Morgan fingerprint density at radius 3 is 2.52 bits per heavy atom. The highest BCUT2D eigenvalue weighted by Gasteiger charge is 2.39. The van der Waals surface area contributed by atoms with Gasteiger partial charge in [0.1, 0.15) is 11.8 Å². The number of nitrogens with zero attached hydrogens (tertiary/aromatic N) is 3. The van der Waals surface area contributed by atoms with Gasteiger partial charge in [0.2, 0.25) is 0 Å². The fourth-order valence-corrected chi connectivity index (χ4v) is 6.14. The highest BCUT2D eigenvalue weighted by atomic mass is 79.9. The third-order valence-electron chi connectivity index (χ3n) is 5.55. The summed E-state index contributed by atoms with van der Waals surface area (Å²) in [6, 6.07) is 16.9. The molecule has 0 amide bonds. The first-order valence-electron chi connectivity index (χ1n) is 10.2. The Kier molecular flexibility index (Phi) is 6.19. The molecule has 8 nitrogen and oxygen atoms in total. The fourth-order valence-electron chi connectivity index (χ4n) is 4.09. The molecule has 1 aliphatic rings. The minimum atomic E-state index is -3.95. The predicted molar refractivity (Wildman–Crippen MR) is 125 cm³/mol. The van der Waals surface area contributed by atoms with Crippen molar-refractivity contribution in [1.82, 2.24) is 4.57 Å². The topological polar surface area (TPSA) is 113 Å². The van der Waals surface area contributed by atoms with Crippen molar-refractivity contribution in [3.63, 3.8) is 0 Å². The molecule has 0 radical (unpaired) electrons. The zero-order chi connectivity index (χ0) is 23.8. The fraction of sp³-hybridized carbons (Fsp3) is 0.217. The first-order chi connectivity index (χ1) is 15.8. The molecule has 1 aromatic heterocycles. The number of halogens is 1. The molecule has 3 aromatic rings. The van der Waals surface area contributed by atoms with Crippen LogP contribution in [0.25, 0.3) is 5.69 Å². The van der Waals surface area contributed by atoms with Gasteiger partial charge in [0.25, 0.3) is 10.0 Å². The van der Waals surface area contributed by atoms with Gasteiger partial charge < -0.3 is 14.4 Å². The lowest BCUT2D eigenvalue weighted by atomic mass is 10.1. The van der Waals surface area contributed by atoms with E-state index in [1.807, 2.05) is 17.6 Å². The number of ether oxygens (including phenoxy) is 1. The lowest BCUT2D eigenvalue weighted by molar-refractivity contribution is 0.0927. The Balaban J connectivity index is 1.78. The van der Waals surface area contributed by atoms with E-state index >= 15 is 0 Å². The standard InChI is InChI=1S/C23H20BrN3O5S/c1-2-19-20-10-6-17(14-25)26(20)21-9-5-16(24)13-22(21)27(19)33(30,31)18-7-3-15(4-8-18)11-12-32-23(28)29/h3-10,13,19H,2,11-12H2,1H3,(H,28,29)/t19-/m0/s1. The number of anilines is 1. The summed E-state index contributed by atoms with van der Waals surface area (Å²) in [5.41, 5.74) is 3.03. The normalized spacial score (nSPS) is 14.8. The van der Waals surface area contributed by atoms with E-state index in [1.54, 1.807) is 36.4 Å². The molecular weight excluding hydrogens is 510 g/mol. The summed E-state index contributed by atoms with van der Waals surface area (Å²) in [6.07, 6.45) is -0.502. The number of sulfonamides is 1. The van der Waals surface area contributed by atoms with Crippen LogP contribution in [-0.4, -0.2) is 30.9 Å². The molecule has 33 heavy (non-hydrogen) atoms. The molecule has 10 heteroatoms. The molecule has 4 rings (SSSR count). The number of rotatable bonds is 6. The monoisotopic (exact) mass is 529 g/mol. The van der Waals surface area contributed by atoms with Gasteiger partial charge in [-0.15, -0.1) is 0 Å². The van der Waals surface area contributed by atoms with Crippen molar-refractivity contribution in [3.05, 3.63) is 76.0 Å². The first-order valence-corrected chi connectivity index (χ1v) is 12.4. The van der Waals surface area contributed by atoms with E-state index < -0.39 is 22.2 Å². The summed E-state index contributed by atoms with van der Waals surface area (Å²) in [5, 5.41) is 18.2. The van der Waals surface area contributed by atoms with Crippen LogP contribution >= 0.6 is 15.9 Å². The van der Waals surface area contributed by atoms with Crippen molar-refractivity contribution >= 4 is 37.8 Å². The maximum atomic E-state index is 13.9. The number of aromatic nitrogens is 1. The van der Waals surface area contributed by atoms with E-state index in [9.17, 15) is 18.5 Å². The molecule has 1 atom stereocenters. The molecule has 0 bridgehead atoms. The van der Waals surface area contributed by atoms with Crippen LogP contribution in [0.15, 0.2) is 64.0 Å². The van der Waals surface area contributed by atoms with E-state index in [0.717, 1.165) is 15.7 Å². The molecule has 0 fully saturated rings. The number of benzene rings is 2. The van der Waals surface area contributed by atoms with Gasteiger partial charge in [-0.05, 0) is 54.4 Å². The zero-order valence-corrected chi connectivity index (χ0v) is 20.0. The molecular formula is C23H20BrN3O5S. The predicted octanol–water partition coefficient (Wildman–Crippen LogP) is 5.01. The Morgan fingerprint density at radius 1 is 1.15 bits per heavy atom. The van der Waals surface area contributed by atoms with Crippen molar-refractivity contribution in [2.24, 2.45) is 0 Å². The van der Waals surface area contributed by atoms with E-state index in [4.69, 9.17) is 5.11 Å². The Bertz CT molecular complexity index is 1360. The van der Waals surface area contributed by atoms with E-state index in [1.165, 1.54) is 16.4 Å². The second kappa shape index (κ2) is 8.92. The molecule has 0 spiro atoms. The average molecular weight is 530 g/mol. The average Bonchev–Trinajstić information content (AvgIpc) is 3.22. The lowest BCUT2D eigenvalue weighted by Crippen LogP contribution is -2.39. The molecule has 1 N–H and O–H groups in total. The minimum Gasteiger partial charge on any atom is -0.450 e. The van der Waals surface area contributed by atoms with Crippen LogP contribution in [0, 0.1) is 11.3 Å². The SMILES string of the molecule is CC[C@H]1c2ccc(C#N)n2-c2ccc(Br)cc2N1S(=O)(=O)c1ccc(CCOC(=O)O)cc1. The van der Waals surface area contributed by atoms with Gasteiger partial charge in [0.15, 0.2) is 0 Å². The second-order valence-electron chi connectivity index (χ2n) is 7.46. The van der Waals surface area contributed by atoms with E-state index in [2.05, 4.69) is 26.7 Å². The Hall–Kier alpha value is -3.29. The van der Waals surface area contributed by atoms with Crippen molar-refractivity contribution in [2.45, 2.75) is 30.7 Å². The van der Waals surface area contributed by atoms with Crippen LogP contribution in [0.3, 0.4) is 0 Å². The summed E-state index contributed by atoms with van der Waals surface area (Å²) in [5.74, 6) is 0. The van der Waals surface area contributed by atoms with Crippen LogP contribution < -0.4 is 4.31 Å². The smallest absolute Gasteiger partial charge is 0.450 e. The van der Waals surface area contributed by atoms with Crippen LogP contribution in [0.4, 0.5) is 10.5 Å². The third kappa shape index (κ3) is 4.10. The van der Waals surface area contributed by atoms with Crippen molar-refractivity contribution in [1.29, 1.82) is 5.26 Å². The van der Waals surface area contributed by atoms with Gasteiger partial charge >= 0.3 is 6.16 Å². The maximum absolute atomic E-state index is 13.9. The van der Waals surface area contributed by atoms with Gasteiger partial charge in [-0.3, -0.25) is 4.31 Å². The van der Waals surface area contributed by atoms with Crippen LogP contribution in [0.5, 0.6) is 0 Å². The van der Waals surface area contributed by atoms with Crippen LogP contribution in [0.2, 0.25) is 0 Å². The highest BCUT2D eigenvalue weighted by molar-refractivity contribution is 9.10. The highest BCUT2D eigenvalue weighted by Crippen LogP contribution is 2.45. The molecule has 0 saturated heterocycles. The summed E-state index contributed by atoms with van der Waals surface area (Å²) in [6.45, 7) is 1.90. The molecule has 2 heterocycles. The van der Waals surface area contributed by atoms with Gasteiger partial charge in [-0.1, -0.05) is 35.0 Å². The van der Waals surface area contributed by atoms with E-state index in [0.29, 0.717) is 29.9 Å². The largest absolute Gasteiger partial charge is 0.505 e. The number of carboxylic acid groups (broad SMARTS) is 1. The molecule has 1 aliphatic heterocycles. The lowest BCUT2D eigenvalue weighted by Gasteiger charge is -2.38. The zero-order valence-electron chi connectivity index (χ0n) is 17.6. The van der Waals surface area contributed by atoms with E-state index in [-0.39, 0.29) is 11.5 Å². The summed E-state index contributed by atoms with van der Waals surface area (Å²) in [7, 11) is -3.95. The number of carbonyl (C=O) groups is 1. The molecule has 2 aromatic carbocycles. The molecule has 0 unspecified atom stereocenters. The third-order valence-corrected chi connectivity index (χ3v) is 7.88. The van der Waals surface area contributed by atoms with Gasteiger partial charge in [-0.25, -0.2) is 13.2 Å². The number of nitriles is 1. The summed E-state index contributed by atoms with van der Waals surface area (Å²) in [4.78, 5) is 10.6. The summed E-state index contributed by atoms with van der Waals surface area (Å²) >= 11 is 3.44. The van der Waals surface area contributed by atoms with Crippen molar-refractivity contribution in [3.8, 4) is 11.8 Å². The quantitative estimate of drug-likeness (QED) is 0.449. The first kappa shape index (κ1) is 22.9. The maximum Gasteiger partial charge on any atom is 0.505 e. The second-order valence-corrected chi connectivity index (χ2v) is 10.2. The Labute approximate surface area is 199 Å². The van der Waals surface area contributed by atoms with Crippen LogP contribution in [0.1, 0.15) is 36.3 Å². The molecule has 0 saturated carbocycles. The van der Waals surface area contributed by atoms with Gasteiger partial charge in [0, 0.05) is 16.6 Å². The minimum absolute atomic E-state index is 0.00885. The van der Waals surface area contributed by atoms with Gasteiger partial charge in [-0.2, -0.15) is 5.26 Å². The molecule has 170 valence electrons. The summed E-state index contributed by atoms with van der Waals surface area (Å²) < 4.78 is 36.2. The van der Waals surface area contributed by atoms with Crippen molar-refractivity contribution < 1.29 is 23.1 Å². The van der Waals surface area contributed by atoms with Crippen molar-refractivity contribution in [2.75, 3.05) is 10.9 Å².